The lowest BCUT2D eigenvalue weighted by Crippen LogP contribution is -2.17. The quantitative estimate of drug-likeness (QED) is 0.633. The number of fused-ring (bicyclic) bond motifs is 3. The van der Waals surface area contributed by atoms with Crippen molar-refractivity contribution in [3.05, 3.63) is 46.3 Å². The SMILES string of the molecule is CC1C=Cc2c(c3ccccc3oc2=O)O1. The van der Waals surface area contributed by atoms with Gasteiger partial charge in [0.25, 0.3) is 0 Å². The fourth-order valence-electron chi connectivity index (χ4n) is 1.86. The monoisotopic (exact) mass is 214 g/mol. The van der Waals surface area contributed by atoms with Crippen molar-refractivity contribution in [1.29, 1.82) is 0 Å². The van der Waals surface area contributed by atoms with Gasteiger partial charge in [0.15, 0.2) is 0 Å². The topological polar surface area (TPSA) is 39.4 Å². The van der Waals surface area contributed by atoms with Crippen LogP contribution in [0.1, 0.15) is 12.5 Å². The van der Waals surface area contributed by atoms with Crippen molar-refractivity contribution in [3.8, 4) is 5.75 Å². The summed E-state index contributed by atoms with van der Waals surface area (Å²) in [6.07, 6.45) is 3.59. The molecule has 1 aromatic carbocycles. The molecular formula is C13H10O3. The van der Waals surface area contributed by atoms with Gasteiger partial charge in [-0.3, -0.25) is 0 Å². The summed E-state index contributed by atoms with van der Waals surface area (Å²) >= 11 is 0. The zero-order valence-corrected chi connectivity index (χ0v) is 8.77. The Morgan fingerprint density at radius 2 is 2.06 bits per heavy atom. The fraction of sp³-hybridized carbons (Fsp3) is 0.154. The molecule has 1 aromatic heterocycles. The lowest BCUT2D eigenvalue weighted by atomic mass is 10.1. The first-order valence-electron chi connectivity index (χ1n) is 5.16. The Morgan fingerprint density at radius 1 is 1.25 bits per heavy atom. The van der Waals surface area contributed by atoms with Gasteiger partial charge < -0.3 is 9.15 Å². The van der Waals surface area contributed by atoms with E-state index in [0.717, 1.165) is 5.39 Å². The second kappa shape index (κ2) is 3.23. The third-order valence-corrected chi connectivity index (χ3v) is 2.64. The molecule has 0 aliphatic carbocycles. The minimum absolute atomic E-state index is 0.0160. The summed E-state index contributed by atoms with van der Waals surface area (Å²) in [6.45, 7) is 1.93. The Labute approximate surface area is 92.0 Å². The van der Waals surface area contributed by atoms with E-state index in [1.54, 1.807) is 12.1 Å². The first kappa shape index (κ1) is 9.21. The zero-order valence-electron chi connectivity index (χ0n) is 8.77. The molecule has 1 aliphatic heterocycles. The van der Waals surface area contributed by atoms with E-state index in [4.69, 9.17) is 9.15 Å². The van der Waals surface area contributed by atoms with Gasteiger partial charge in [-0.15, -0.1) is 0 Å². The van der Waals surface area contributed by atoms with E-state index in [2.05, 4.69) is 0 Å². The molecule has 0 radical (unpaired) electrons. The van der Waals surface area contributed by atoms with Crippen LogP contribution < -0.4 is 10.4 Å². The van der Waals surface area contributed by atoms with Gasteiger partial charge in [0.2, 0.25) is 0 Å². The van der Waals surface area contributed by atoms with Gasteiger partial charge in [-0.25, -0.2) is 4.79 Å². The van der Waals surface area contributed by atoms with Crippen molar-refractivity contribution in [1.82, 2.24) is 0 Å². The molecule has 80 valence electrons. The van der Waals surface area contributed by atoms with E-state index in [1.807, 2.05) is 31.2 Å². The second-order valence-electron chi connectivity index (χ2n) is 3.81. The molecule has 0 spiro atoms. The summed E-state index contributed by atoms with van der Waals surface area (Å²) < 4.78 is 10.9. The van der Waals surface area contributed by atoms with Crippen LogP contribution in [0.5, 0.6) is 5.75 Å². The maximum atomic E-state index is 11.7. The summed E-state index contributed by atoms with van der Waals surface area (Å²) in [5.41, 5.74) is 0.711. The van der Waals surface area contributed by atoms with Gasteiger partial charge in [-0.2, -0.15) is 0 Å². The van der Waals surface area contributed by atoms with Gasteiger partial charge in [-0.1, -0.05) is 12.1 Å². The number of para-hydroxylation sites is 1. The summed E-state index contributed by atoms with van der Waals surface area (Å²) in [5, 5.41) is 0.841. The largest absolute Gasteiger partial charge is 0.485 e. The summed E-state index contributed by atoms with van der Waals surface area (Å²) in [6, 6.07) is 7.39. The lowest BCUT2D eigenvalue weighted by molar-refractivity contribution is 0.267. The van der Waals surface area contributed by atoms with Crippen LogP contribution in [0.3, 0.4) is 0 Å². The third-order valence-electron chi connectivity index (χ3n) is 2.64. The molecule has 0 saturated heterocycles. The van der Waals surface area contributed by atoms with Gasteiger partial charge >= 0.3 is 5.63 Å². The Kier molecular flexibility index (Phi) is 1.86. The standard InChI is InChI=1S/C13H10O3/c1-8-6-7-10-12(15-8)9-4-2-3-5-11(9)16-13(10)14/h2-8H,1H3. The first-order valence-corrected chi connectivity index (χ1v) is 5.16. The smallest absolute Gasteiger partial charge is 0.347 e. The lowest BCUT2D eigenvalue weighted by Gasteiger charge is -2.18. The minimum atomic E-state index is -0.350. The molecule has 3 rings (SSSR count). The van der Waals surface area contributed by atoms with Crippen LogP contribution in [0.4, 0.5) is 0 Å². The predicted octanol–water partition coefficient (Wildman–Crippen LogP) is 2.59. The van der Waals surface area contributed by atoms with Crippen LogP contribution in [0.25, 0.3) is 17.0 Å². The van der Waals surface area contributed by atoms with Gasteiger partial charge in [0.1, 0.15) is 23.0 Å². The van der Waals surface area contributed by atoms with Crippen molar-refractivity contribution in [2.24, 2.45) is 0 Å². The van der Waals surface area contributed by atoms with Crippen LogP contribution in [-0.2, 0) is 0 Å². The van der Waals surface area contributed by atoms with Crippen LogP contribution >= 0.6 is 0 Å². The molecule has 1 unspecified atom stereocenters. The maximum absolute atomic E-state index is 11.7. The molecule has 0 N–H and O–H groups in total. The van der Waals surface area contributed by atoms with E-state index < -0.39 is 0 Å². The van der Waals surface area contributed by atoms with Crippen LogP contribution in [0.15, 0.2) is 39.6 Å². The van der Waals surface area contributed by atoms with E-state index in [1.165, 1.54) is 0 Å². The molecular weight excluding hydrogens is 204 g/mol. The number of hydrogen-bond acceptors (Lipinski definition) is 3. The highest BCUT2D eigenvalue weighted by Gasteiger charge is 2.18. The van der Waals surface area contributed by atoms with Crippen molar-refractivity contribution in [2.45, 2.75) is 13.0 Å². The zero-order chi connectivity index (χ0) is 11.1. The Balaban J connectivity index is 2.44. The molecule has 1 atom stereocenters. The average molecular weight is 214 g/mol. The Morgan fingerprint density at radius 3 is 2.94 bits per heavy atom. The maximum Gasteiger partial charge on any atom is 0.347 e. The van der Waals surface area contributed by atoms with Crippen molar-refractivity contribution in [3.63, 3.8) is 0 Å². The van der Waals surface area contributed by atoms with E-state index in [-0.39, 0.29) is 11.7 Å². The highest BCUT2D eigenvalue weighted by atomic mass is 16.5. The normalized spacial score (nSPS) is 18.2. The molecule has 3 nitrogen and oxygen atoms in total. The highest BCUT2D eigenvalue weighted by molar-refractivity contribution is 5.87. The molecule has 0 amide bonds. The summed E-state index contributed by atoms with van der Waals surface area (Å²) in [4.78, 5) is 11.7. The molecule has 2 heterocycles. The van der Waals surface area contributed by atoms with Crippen molar-refractivity contribution >= 4 is 17.0 Å². The van der Waals surface area contributed by atoms with E-state index in [9.17, 15) is 4.79 Å². The first-order chi connectivity index (χ1) is 7.75. The minimum Gasteiger partial charge on any atom is -0.485 e. The molecule has 2 aromatic rings. The third kappa shape index (κ3) is 1.25. The average Bonchev–Trinajstić information content (AvgIpc) is 2.29. The van der Waals surface area contributed by atoms with Crippen molar-refractivity contribution < 1.29 is 9.15 Å². The summed E-state index contributed by atoms with van der Waals surface area (Å²) in [7, 11) is 0. The molecule has 1 aliphatic rings. The highest BCUT2D eigenvalue weighted by Crippen LogP contribution is 2.31. The molecule has 16 heavy (non-hydrogen) atoms. The van der Waals surface area contributed by atoms with Crippen molar-refractivity contribution in [2.75, 3.05) is 0 Å². The number of rotatable bonds is 0. The van der Waals surface area contributed by atoms with Crippen LogP contribution in [0.2, 0.25) is 0 Å². The van der Waals surface area contributed by atoms with Gasteiger partial charge in [0.05, 0.1) is 5.39 Å². The summed E-state index contributed by atoms with van der Waals surface area (Å²) in [5.74, 6) is 0.627. The van der Waals surface area contributed by atoms with E-state index >= 15 is 0 Å². The number of hydrogen-bond donors (Lipinski definition) is 0. The van der Waals surface area contributed by atoms with Gasteiger partial charge in [0, 0.05) is 0 Å². The number of ether oxygens (including phenoxy) is 1. The van der Waals surface area contributed by atoms with Crippen LogP contribution in [0, 0.1) is 0 Å². The fourth-order valence-corrected chi connectivity index (χ4v) is 1.86. The molecule has 3 heteroatoms. The Hall–Kier alpha value is -2.03. The molecule has 0 saturated carbocycles. The molecule has 0 fully saturated rings. The van der Waals surface area contributed by atoms with Gasteiger partial charge in [-0.05, 0) is 31.2 Å². The van der Waals surface area contributed by atoms with Crippen LogP contribution in [-0.4, -0.2) is 6.10 Å². The Bertz CT molecular complexity index is 637. The van der Waals surface area contributed by atoms with E-state index in [0.29, 0.717) is 16.9 Å². The second-order valence-corrected chi connectivity index (χ2v) is 3.81. The number of benzene rings is 1. The predicted molar refractivity (Wildman–Crippen MR) is 61.6 cm³/mol. The molecule has 0 bridgehead atoms.